The van der Waals surface area contributed by atoms with Crippen molar-refractivity contribution in [2.45, 2.75) is 57.5 Å². The van der Waals surface area contributed by atoms with Crippen LogP contribution in [0, 0.1) is 5.92 Å². The van der Waals surface area contributed by atoms with E-state index in [0.717, 1.165) is 31.1 Å². The second-order valence-electron chi connectivity index (χ2n) is 9.39. The molecule has 35 heavy (non-hydrogen) atoms. The number of carbonyl (C=O) groups is 1. The lowest BCUT2D eigenvalue weighted by atomic mass is 9.93. The van der Waals surface area contributed by atoms with Crippen molar-refractivity contribution in [3.8, 4) is 5.75 Å². The molecule has 0 unspecified atom stereocenters. The summed E-state index contributed by atoms with van der Waals surface area (Å²) in [5.74, 6) is 1.10. The average Bonchev–Trinajstić information content (AvgIpc) is 3.57. The highest BCUT2D eigenvalue weighted by Gasteiger charge is 2.36. The van der Waals surface area contributed by atoms with E-state index >= 15 is 0 Å². The molecule has 1 N–H and O–H groups in total. The molecule has 1 aliphatic heterocycles. The van der Waals surface area contributed by atoms with Crippen LogP contribution < -0.4 is 10.3 Å². The molecule has 10 nitrogen and oxygen atoms in total. The summed E-state index contributed by atoms with van der Waals surface area (Å²) in [4.78, 5) is 31.0. The first-order valence-electron chi connectivity index (χ1n) is 12.5. The van der Waals surface area contributed by atoms with Gasteiger partial charge in [0.25, 0.3) is 5.56 Å². The zero-order valence-electron chi connectivity index (χ0n) is 20.3. The molecule has 3 aromatic rings. The monoisotopic (exact) mass is 480 g/mol. The van der Waals surface area contributed by atoms with Crippen molar-refractivity contribution in [2.75, 3.05) is 26.8 Å². The van der Waals surface area contributed by atoms with Gasteiger partial charge in [-0.15, -0.1) is 5.10 Å². The number of nitrogens with zero attached hydrogens (tertiary/aromatic N) is 5. The van der Waals surface area contributed by atoms with Crippen LogP contribution in [-0.2, 0) is 9.53 Å². The Morgan fingerprint density at radius 2 is 1.94 bits per heavy atom. The van der Waals surface area contributed by atoms with Gasteiger partial charge >= 0.3 is 5.97 Å². The Bertz CT molecular complexity index is 1240. The number of likely N-dealkylation sites (tertiary alicyclic amines) is 1. The maximum Gasteiger partial charge on any atom is 0.309 e. The number of hydrogen-bond donors (Lipinski definition) is 1. The molecular formula is C25H32N6O4. The fraction of sp³-hybridized carbons (Fsp3) is 0.560. The van der Waals surface area contributed by atoms with Gasteiger partial charge in [-0.25, -0.2) is 4.68 Å². The summed E-state index contributed by atoms with van der Waals surface area (Å²) in [6, 6.07) is 7.41. The molecule has 2 aromatic heterocycles. The Morgan fingerprint density at radius 1 is 1.17 bits per heavy atom. The molecule has 0 radical (unpaired) electrons. The summed E-state index contributed by atoms with van der Waals surface area (Å²) in [5, 5.41) is 13.7. The molecule has 0 amide bonds. The van der Waals surface area contributed by atoms with E-state index in [9.17, 15) is 9.59 Å². The molecule has 2 aliphatic rings. The molecule has 1 atom stereocenters. The molecule has 1 aromatic carbocycles. The Kier molecular flexibility index (Phi) is 6.81. The van der Waals surface area contributed by atoms with Crippen molar-refractivity contribution in [3.05, 3.63) is 46.0 Å². The van der Waals surface area contributed by atoms with E-state index in [1.54, 1.807) is 7.11 Å². The van der Waals surface area contributed by atoms with Crippen molar-refractivity contribution in [2.24, 2.45) is 5.92 Å². The number of rotatable bonds is 7. The first kappa shape index (κ1) is 23.5. The number of aromatic nitrogens is 5. The van der Waals surface area contributed by atoms with E-state index in [-0.39, 0.29) is 23.5 Å². The number of hydrogen-bond acceptors (Lipinski definition) is 8. The number of piperidine rings is 1. The molecule has 3 heterocycles. The maximum atomic E-state index is 13.4. The highest BCUT2D eigenvalue weighted by atomic mass is 16.5. The molecule has 1 saturated carbocycles. The van der Waals surface area contributed by atoms with E-state index < -0.39 is 6.04 Å². The van der Waals surface area contributed by atoms with Crippen LogP contribution >= 0.6 is 0 Å². The standard InChI is InChI=1S/C25H32N6O4/c1-3-35-25(33)16-10-12-30(13-11-16)22(23-27-28-29-31(23)18-6-4-5-7-18)20-14-17-8-9-19(34-2)15-21(17)26-24(20)32/h8-9,14-16,18,22H,3-7,10-13H2,1-2H3,(H,26,32)/t22-/m1/s1. The van der Waals surface area contributed by atoms with Crippen LogP contribution in [0.3, 0.4) is 0 Å². The first-order valence-corrected chi connectivity index (χ1v) is 12.5. The number of nitrogens with one attached hydrogen (secondary N) is 1. The van der Waals surface area contributed by atoms with Crippen LogP contribution in [0.25, 0.3) is 10.9 Å². The quantitative estimate of drug-likeness (QED) is 0.513. The minimum absolute atomic E-state index is 0.125. The number of tetrazole rings is 1. The summed E-state index contributed by atoms with van der Waals surface area (Å²) >= 11 is 0. The number of pyridine rings is 1. The molecular weight excluding hydrogens is 448 g/mol. The Labute approximate surface area is 203 Å². The molecule has 1 saturated heterocycles. The number of aromatic amines is 1. The van der Waals surface area contributed by atoms with Crippen LogP contribution in [0.1, 0.15) is 68.9 Å². The first-order chi connectivity index (χ1) is 17.1. The number of esters is 1. The maximum absolute atomic E-state index is 13.4. The number of ether oxygens (including phenoxy) is 2. The van der Waals surface area contributed by atoms with Crippen LogP contribution in [0.15, 0.2) is 29.1 Å². The number of methoxy groups -OCH3 is 1. The van der Waals surface area contributed by atoms with Crippen LogP contribution in [0.5, 0.6) is 5.75 Å². The van der Waals surface area contributed by atoms with Crippen molar-refractivity contribution in [1.82, 2.24) is 30.1 Å². The Morgan fingerprint density at radius 3 is 2.66 bits per heavy atom. The lowest BCUT2D eigenvalue weighted by Crippen LogP contribution is -2.42. The van der Waals surface area contributed by atoms with Gasteiger partial charge in [-0.3, -0.25) is 14.5 Å². The van der Waals surface area contributed by atoms with Gasteiger partial charge in [-0.2, -0.15) is 0 Å². The smallest absolute Gasteiger partial charge is 0.309 e. The largest absolute Gasteiger partial charge is 0.497 e. The highest BCUT2D eigenvalue weighted by molar-refractivity contribution is 5.80. The van der Waals surface area contributed by atoms with Crippen molar-refractivity contribution >= 4 is 16.9 Å². The highest BCUT2D eigenvalue weighted by Crippen LogP contribution is 2.35. The van der Waals surface area contributed by atoms with Crippen molar-refractivity contribution in [3.63, 3.8) is 0 Å². The second-order valence-corrected chi connectivity index (χ2v) is 9.39. The van der Waals surface area contributed by atoms with Gasteiger partial charge < -0.3 is 14.5 Å². The summed E-state index contributed by atoms with van der Waals surface area (Å²) in [5.41, 5.74) is 1.14. The van der Waals surface area contributed by atoms with Crippen molar-refractivity contribution < 1.29 is 14.3 Å². The molecule has 1 aliphatic carbocycles. The fourth-order valence-electron chi connectivity index (χ4n) is 5.47. The number of benzene rings is 1. The fourth-order valence-corrected chi connectivity index (χ4v) is 5.47. The van der Waals surface area contributed by atoms with Gasteiger partial charge in [0.1, 0.15) is 11.8 Å². The van der Waals surface area contributed by atoms with E-state index in [2.05, 4.69) is 25.4 Å². The van der Waals surface area contributed by atoms with Gasteiger partial charge in [-0.1, -0.05) is 12.8 Å². The zero-order valence-corrected chi connectivity index (χ0v) is 20.3. The third-order valence-electron chi connectivity index (χ3n) is 7.32. The Balaban J connectivity index is 1.54. The Hall–Kier alpha value is -3.27. The molecule has 2 fully saturated rings. The second kappa shape index (κ2) is 10.2. The van der Waals surface area contributed by atoms with Gasteiger partial charge in [0.05, 0.1) is 31.2 Å². The average molecular weight is 481 g/mol. The number of carbonyl (C=O) groups excluding carboxylic acids is 1. The lowest BCUT2D eigenvalue weighted by molar-refractivity contribution is -0.149. The van der Waals surface area contributed by atoms with Gasteiger partial charge in [0, 0.05) is 24.7 Å². The van der Waals surface area contributed by atoms with E-state index in [0.29, 0.717) is 55.2 Å². The minimum Gasteiger partial charge on any atom is -0.497 e. The van der Waals surface area contributed by atoms with Crippen LogP contribution in [0.4, 0.5) is 0 Å². The molecule has 0 bridgehead atoms. The predicted octanol–water partition coefficient (Wildman–Crippen LogP) is 3.00. The van der Waals surface area contributed by atoms with E-state index in [4.69, 9.17) is 9.47 Å². The molecule has 186 valence electrons. The third-order valence-corrected chi connectivity index (χ3v) is 7.32. The topological polar surface area (TPSA) is 115 Å². The molecule has 10 heteroatoms. The minimum atomic E-state index is -0.413. The summed E-state index contributed by atoms with van der Waals surface area (Å²) in [6.07, 6.45) is 5.70. The predicted molar refractivity (Wildman–Crippen MR) is 129 cm³/mol. The zero-order chi connectivity index (χ0) is 24.4. The van der Waals surface area contributed by atoms with Crippen molar-refractivity contribution in [1.29, 1.82) is 0 Å². The molecule has 5 rings (SSSR count). The SMILES string of the molecule is CCOC(=O)C1CCN([C@H](c2cc3ccc(OC)cc3[nH]c2=O)c2nnnn2C2CCCC2)CC1. The van der Waals surface area contributed by atoms with E-state index in [1.165, 1.54) is 0 Å². The van der Waals surface area contributed by atoms with Crippen LogP contribution in [-0.4, -0.2) is 62.9 Å². The molecule has 0 spiro atoms. The third kappa shape index (κ3) is 4.67. The summed E-state index contributed by atoms with van der Waals surface area (Å²) < 4.78 is 12.5. The van der Waals surface area contributed by atoms with Gasteiger partial charge in [0.15, 0.2) is 5.82 Å². The number of H-pyrrole nitrogens is 1. The summed E-state index contributed by atoms with van der Waals surface area (Å²) in [6.45, 7) is 3.50. The summed E-state index contributed by atoms with van der Waals surface area (Å²) in [7, 11) is 1.60. The van der Waals surface area contributed by atoms with Gasteiger partial charge in [0.2, 0.25) is 0 Å². The van der Waals surface area contributed by atoms with Crippen LogP contribution in [0.2, 0.25) is 0 Å². The lowest BCUT2D eigenvalue weighted by Gasteiger charge is -2.36. The normalized spacial score (nSPS) is 18.7. The van der Waals surface area contributed by atoms with E-state index in [1.807, 2.05) is 35.9 Å². The number of fused-ring (bicyclic) bond motifs is 1. The van der Waals surface area contributed by atoms with Gasteiger partial charge in [-0.05, 0) is 66.6 Å².